The summed E-state index contributed by atoms with van der Waals surface area (Å²) in [5, 5.41) is 13.9. The Bertz CT molecular complexity index is 518. The smallest absolute Gasteiger partial charge is 0.0481 e. The second-order valence-electron chi connectivity index (χ2n) is 5.11. The van der Waals surface area contributed by atoms with Crippen LogP contribution in [0.5, 0.6) is 0 Å². The molecule has 0 radical (unpaired) electrons. The van der Waals surface area contributed by atoms with Gasteiger partial charge in [0.15, 0.2) is 0 Å². The van der Waals surface area contributed by atoms with Crippen molar-refractivity contribution in [3.8, 4) is 0 Å². The number of fused-ring (bicyclic) bond motifs is 1. The SMILES string of the molecule is CC(CO)C(C)NCc1cn(C)c2ccccc12. The Morgan fingerprint density at radius 3 is 2.72 bits per heavy atom. The molecule has 0 spiro atoms. The average molecular weight is 246 g/mol. The summed E-state index contributed by atoms with van der Waals surface area (Å²) in [6, 6.07) is 8.75. The highest BCUT2D eigenvalue weighted by atomic mass is 16.3. The predicted octanol–water partition coefficient (Wildman–Crippen LogP) is 2.28. The topological polar surface area (TPSA) is 37.2 Å². The summed E-state index contributed by atoms with van der Waals surface area (Å²) in [4.78, 5) is 0. The van der Waals surface area contributed by atoms with Crippen molar-refractivity contribution in [3.63, 3.8) is 0 Å². The fourth-order valence-corrected chi connectivity index (χ4v) is 2.20. The molecule has 1 aromatic heterocycles. The van der Waals surface area contributed by atoms with Gasteiger partial charge in [-0.25, -0.2) is 0 Å². The molecule has 18 heavy (non-hydrogen) atoms. The minimum Gasteiger partial charge on any atom is -0.396 e. The van der Waals surface area contributed by atoms with E-state index in [2.05, 4.69) is 61.2 Å². The van der Waals surface area contributed by atoms with Crippen LogP contribution in [0.4, 0.5) is 0 Å². The first-order chi connectivity index (χ1) is 8.63. The molecule has 0 aliphatic heterocycles. The zero-order valence-electron chi connectivity index (χ0n) is 11.4. The van der Waals surface area contributed by atoms with Crippen LogP contribution in [0.1, 0.15) is 19.4 Å². The molecular formula is C15H22N2O. The van der Waals surface area contributed by atoms with Crippen LogP contribution in [0.3, 0.4) is 0 Å². The maximum Gasteiger partial charge on any atom is 0.0481 e. The lowest BCUT2D eigenvalue weighted by atomic mass is 10.0. The summed E-state index contributed by atoms with van der Waals surface area (Å²) in [6.45, 7) is 5.24. The van der Waals surface area contributed by atoms with Crippen LogP contribution >= 0.6 is 0 Å². The molecule has 2 aromatic rings. The molecule has 0 fully saturated rings. The molecule has 0 saturated heterocycles. The van der Waals surface area contributed by atoms with E-state index in [0.717, 1.165) is 6.54 Å². The van der Waals surface area contributed by atoms with Crippen molar-refractivity contribution in [2.45, 2.75) is 26.4 Å². The molecule has 2 atom stereocenters. The number of benzene rings is 1. The second kappa shape index (κ2) is 5.55. The molecule has 0 aliphatic carbocycles. The third-order valence-electron chi connectivity index (χ3n) is 3.74. The van der Waals surface area contributed by atoms with Gasteiger partial charge in [0.05, 0.1) is 0 Å². The first-order valence-electron chi connectivity index (χ1n) is 6.50. The van der Waals surface area contributed by atoms with E-state index < -0.39 is 0 Å². The van der Waals surface area contributed by atoms with Gasteiger partial charge in [-0.1, -0.05) is 25.1 Å². The zero-order valence-corrected chi connectivity index (χ0v) is 11.4. The number of aliphatic hydroxyl groups is 1. The molecular weight excluding hydrogens is 224 g/mol. The Morgan fingerprint density at radius 2 is 2.00 bits per heavy atom. The number of para-hydroxylation sites is 1. The van der Waals surface area contributed by atoms with E-state index >= 15 is 0 Å². The van der Waals surface area contributed by atoms with E-state index in [-0.39, 0.29) is 12.5 Å². The Balaban J connectivity index is 2.13. The average Bonchev–Trinajstić information content (AvgIpc) is 2.72. The molecule has 1 heterocycles. The van der Waals surface area contributed by atoms with Gasteiger partial charge in [0.25, 0.3) is 0 Å². The fourth-order valence-electron chi connectivity index (χ4n) is 2.20. The number of nitrogens with zero attached hydrogens (tertiary/aromatic N) is 1. The summed E-state index contributed by atoms with van der Waals surface area (Å²) in [6.07, 6.45) is 2.17. The van der Waals surface area contributed by atoms with Crippen molar-refractivity contribution in [3.05, 3.63) is 36.0 Å². The minimum absolute atomic E-state index is 0.226. The highest BCUT2D eigenvalue weighted by Crippen LogP contribution is 2.20. The first kappa shape index (κ1) is 13.1. The van der Waals surface area contributed by atoms with E-state index in [4.69, 9.17) is 5.11 Å². The van der Waals surface area contributed by atoms with Gasteiger partial charge in [0.1, 0.15) is 0 Å². The molecule has 1 aromatic carbocycles. The number of hydrogen-bond acceptors (Lipinski definition) is 2. The van der Waals surface area contributed by atoms with Crippen LogP contribution in [0, 0.1) is 5.92 Å². The largest absolute Gasteiger partial charge is 0.396 e. The maximum absolute atomic E-state index is 9.13. The van der Waals surface area contributed by atoms with E-state index in [1.165, 1.54) is 16.5 Å². The minimum atomic E-state index is 0.226. The normalized spacial score (nSPS) is 14.9. The van der Waals surface area contributed by atoms with Crippen LogP contribution in [0.25, 0.3) is 10.9 Å². The van der Waals surface area contributed by atoms with E-state index in [0.29, 0.717) is 6.04 Å². The van der Waals surface area contributed by atoms with Crippen molar-refractivity contribution in [1.82, 2.24) is 9.88 Å². The molecule has 0 amide bonds. The third kappa shape index (κ3) is 2.57. The summed E-state index contributed by atoms with van der Waals surface area (Å²) in [5.74, 6) is 0.278. The van der Waals surface area contributed by atoms with Crippen molar-refractivity contribution in [2.75, 3.05) is 6.61 Å². The molecule has 3 nitrogen and oxygen atoms in total. The number of rotatable bonds is 5. The number of aromatic nitrogens is 1. The quantitative estimate of drug-likeness (QED) is 0.849. The summed E-state index contributed by atoms with van der Waals surface area (Å²) in [7, 11) is 2.08. The maximum atomic E-state index is 9.13. The summed E-state index contributed by atoms with van der Waals surface area (Å²) >= 11 is 0. The Kier molecular flexibility index (Phi) is 4.04. The molecule has 98 valence electrons. The molecule has 3 heteroatoms. The number of aliphatic hydroxyl groups excluding tert-OH is 1. The number of nitrogens with one attached hydrogen (secondary N) is 1. The summed E-state index contributed by atoms with van der Waals surface area (Å²) < 4.78 is 2.16. The van der Waals surface area contributed by atoms with Crippen molar-refractivity contribution >= 4 is 10.9 Å². The molecule has 0 saturated carbocycles. The third-order valence-corrected chi connectivity index (χ3v) is 3.74. The van der Waals surface area contributed by atoms with Crippen molar-refractivity contribution < 1.29 is 5.11 Å². The Hall–Kier alpha value is -1.32. The van der Waals surface area contributed by atoms with E-state index in [1.807, 2.05) is 0 Å². The molecule has 2 N–H and O–H groups in total. The van der Waals surface area contributed by atoms with Gasteiger partial charge in [-0.05, 0) is 24.5 Å². The molecule has 2 rings (SSSR count). The fraction of sp³-hybridized carbons (Fsp3) is 0.467. The van der Waals surface area contributed by atoms with Crippen molar-refractivity contribution in [1.29, 1.82) is 0 Å². The van der Waals surface area contributed by atoms with Gasteiger partial charge in [-0.15, -0.1) is 0 Å². The zero-order chi connectivity index (χ0) is 13.1. The lowest BCUT2D eigenvalue weighted by Crippen LogP contribution is -2.33. The molecule has 0 aliphatic rings. The van der Waals surface area contributed by atoms with Crippen LogP contribution in [0.15, 0.2) is 30.5 Å². The molecule has 2 unspecified atom stereocenters. The van der Waals surface area contributed by atoms with Gasteiger partial charge in [0.2, 0.25) is 0 Å². The second-order valence-corrected chi connectivity index (χ2v) is 5.11. The lowest BCUT2D eigenvalue weighted by Gasteiger charge is -2.19. The van der Waals surface area contributed by atoms with Crippen LogP contribution in [0.2, 0.25) is 0 Å². The van der Waals surface area contributed by atoms with E-state index in [9.17, 15) is 0 Å². The Morgan fingerprint density at radius 1 is 1.28 bits per heavy atom. The monoisotopic (exact) mass is 246 g/mol. The number of aryl methyl sites for hydroxylation is 1. The predicted molar refractivity (Wildman–Crippen MR) is 75.5 cm³/mol. The summed E-state index contributed by atoms with van der Waals surface area (Å²) in [5.41, 5.74) is 2.57. The van der Waals surface area contributed by atoms with Gasteiger partial charge < -0.3 is 15.0 Å². The van der Waals surface area contributed by atoms with Crippen molar-refractivity contribution in [2.24, 2.45) is 13.0 Å². The van der Waals surface area contributed by atoms with Gasteiger partial charge in [-0.3, -0.25) is 0 Å². The first-order valence-corrected chi connectivity index (χ1v) is 6.50. The van der Waals surface area contributed by atoms with Gasteiger partial charge in [-0.2, -0.15) is 0 Å². The van der Waals surface area contributed by atoms with Gasteiger partial charge in [0, 0.05) is 43.3 Å². The van der Waals surface area contributed by atoms with Crippen LogP contribution < -0.4 is 5.32 Å². The number of hydrogen-bond donors (Lipinski definition) is 2. The standard InChI is InChI=1S/C15H22N2O/c1-11(10-18)12(2)16-8-13-9-17(3)15-7-5-4-6-14(13)15/h4-7,9,11-12,16,18H,8,10H2,1-3H3. The lowest BCUT2D eigenvalue weighted by molar-refractivity contribution is 0.207. The highest BCUT2D eigenvalue weighted by molar-refractivity contribution is 5.83. The van der Waals surface area contributed by atoms with E-state index in [1.54, 1.807) is 0 Å². The highest BCUT2D eigenvalue weighted by Gasteiger charge is 2.12. The van der Waals surface area contributed by atoms with Crippen LogP contribution in [-0.2, 0) is 13.6 Å². The Labute approximate surface area is 108 Å². The van der Waals surface area contributed by atoms with Crippen LogP contribution in [-0.4, -0.2) is 22.3 Å². The van der Waals surface area contributed by atoms with Gasteiger partial charge >= 0.3 is 0 Å². The molecule has 0 bridgehead atoms.